The number of sulfone groups is 1. The van der Waals surface area contributed by atoms with Crippen molar-refractivity contribution in [1.82, 2.24) is 0 Å². The maximum absolute atomic E-state index is 11.8. The van der Waals surface area contributed by atoms with Crippen LogP contribution in [0.15, 0.2) is 41.8 Å². The standard InChI is InChI=1S/C11H12O4S/c1-2-3-8-16(14,15)10-7-5-4-6-9(10)11(12)13/h2,4-7H,1,3,8H2,(H,12,13). The van der Waals surface area contributed by atoms with E-state index in [1.54, 1.807) is 0 Å². The topological polar surface area (TPSA) is 71.4 Å². The molecule has 4 nitrogen and oxygen atoms in total. The van der Waals surface area contributed by atoms with E-state index >= 15 is 0 Å². The third-order valence-electron chi connectivity index (χ3n) is 2.04. The monoisotopic (exact) mass is 240 g/mol. The van der Waals surface area contributed by atoms with Gasteiger partial charge in [-0.05, 0) is 18.6 Å². The van der Waals surface area contributed by atoms with Crippen LogP contribution in [0.4, 0.5) is 0 Å². The van der Waals surface area contributed by atoms with Crippen LogP contribution >= 0.6 is 0 Å². The van der Waals surface area contributed by atoms with Crippen molar-refractivity contribution in [2.24, 2.45) is 0 Å². The van der Waals surface area contributed by atoms with Gasteiger partial charge in [-0.1, -0.05) is 18.2 Å². The zero-order chi connectivity index (χ0) is 12.2. The van der Waals surface area contributed by atoms with E-state index < -0.39 is 15.8 Å². The summed E-state index contributed by atoms with van der Waals surface area (Å²) in [6.07, 6.45) is 1.79. The number of hydrogen-bond acceptors (Lipinski definition) is 3. The first-order valence-corrected chi connectivity index (χ1v) is 6.30. The van der Waals surface area contributed by atoms with Crippen molar-refractivity contribution >= 4 is 15.8 Å². The normalized spacial score (nSPS) is 11.0. The van der Waals surface area contributed by atoms with Gasteiger partial charge in [-0.15, -0.1) is 6.58 Å². The highest BCUT2D eigenvalue weighted by Crippen LogP contribution is 2.17. The Labute approximate surface area is 94.1 Å². The number of carboxylic acids is 1. The molecule has 0 amide bonds. The van der Waals surface area contributed by atoms with Gasteiger partial charge in [0.2, 0.25) is 0 Å². The van der Waals surface area contributed by atoms with Crippen LogP contribution in [0.3, 0.4) is 0 Å². The second-order valence-electron chi connectivity index (χ2n) is 3.20. The van der Waals surface area contributed by atoms with Crippen LogP contribution < -0.4 is 0 Å². The summed E-state index contributed by atoms with van der Waals surface area (Å²) < 4.78 is 23.6. The zero-order valence-electron chi connectivity index (χ0n) is 8.59. The van der Waals surface area contributed by atoms with Gasteiger partial charge in [-0.3, -0.25) is 0 Å². The molecule has 0 saturated carbocycles. The van der Waals surface area contributed by atoms with Crippen LogP contribution in [0.2, 0.25) is 0 Å². The summed E-state index contributed by atoms with van der Waals surface area (Å²) in [7, 11) is -3.55. The highest BCUT2D eigenvalue weighted by Gasteiger charge is 2.20. The highest BCUT2D eigenvalue weighted by atomic mass is 32.2. The van der Waals surface area contributed by atoms with E-state index in [9.17, 15) is 13.2 Å². The number of carbonyl (C=O) groups is 1. The molecule has 1 aromatic carbocycles. The van der Waals surface area contributed by atoms with Gasteiger partial charge in [-0.2, -0.15) is 0 Å². The Morgan fingerprint density at radius 1 is 1.38 bits per heavy atom. The number of carboxylic acid groups (broad SMARTS) is 1. The second kappa shape index (κ2) is 4.94. The zero-order valence-corrected chi connectivity index (χ0v) is 9.40. The van der Waals surface area contributed by atoms with Crippen molar-refractivity contribution < 1.29 is 18.3 Å². The van der Waals surface area contributed by atoms with E-state index in [-0.39, 0.29) is 16.2 Å². The minimum absolute atomic E-state index is 0.124. The highest BCUT2D eigenvalue weighted by molar-refractivity contribution is 7.91. The van der Waals surface area contributed by atoms with E-state index in [1.165, 1.54) is 30.3 Å². The lowest BCUT2D eigenvalue weighted by atomic mass is 10.2. The number of aromatic carboxylic acids is 1. The Balaban J connectivity index is 3.22. The molecule has 5 heteroatoms. The molecule has 16 heavy (non-hydrogen) atoms. The van der Waals surface area contributed by atoms with Crippen molar-refractivity contribution in [2.45, 2.75) is 11.3 Å². The SMILES string of the molecule is C=CCCS(=O)(=O)c1ccccc1C(=O)O. The molecule has 1 N–H and O–H groups in total. The van der Waals surface area contributed by atoms with Gasteiger partial charge in [0.05, 0.1) is 16.2 Å². The summed E-state index contributed by atoms with van der Waals surface area (Å²) in [4.78, 5) is 10.7. The average Bonchev–Trinajstić information content (AvgIpc) is 2.26. The molecular formula is C11H12O4S. The number of rotatable bonds is 5. The Kier molecular flexibility index (Phi) is 3.84. The molecule has 1 rings (SSSR count). The summed E-state index contributed by atoms with van der Waals surface area (Å²) in [6, 6.07) is 5.59. The summed E-state index contributed by atoms with van der Waals surface area (Å²) in [5.74, 6) is -1.36. The van der Waals surface area contributed by atoms with Crippen molar-refractivity contribution in [3.8, 4) is 0 Å². The molecular weight excluding hydrogens is 228 g/mol. The van der Waals surface area contributed by atoms with Gasteiger partial charge in [-0.25, -0.2) is 13.2 Å². The minimum Gasteiger partial charge on any atom is -0.478 e. The lowest BCUT2D eigenvalue weighted by Crippen LogP contribution is -2.11. The summed E-state index contributed by atoms with van der Waals surface area (Å²) in [5, 5.41) is 8.87. The quantitative estimate of drug-likeness (QED) is 0.796. The second-order valence-corrected chi connectivity index (χ2v) is 5.28. The average molecular weight is 240 g/mol. The molecule has 0 fully saturated rings. The Morgan fingerprint density at radius 3 is 2.56 bits per heavy atom. The summed E-state index contributed by atoms with van der Waals surface area (Å²) in [5.41, 5.74) is -0.188. The summed E-state index contributed by atoms with van der Waals surface area (Å²) >= 11 is 0. The van der Waals surface area contributed by atoms with Crippen molar-refractivity contribution in [3.63, 3.8) is 0 Å². The maximum Gasteiger partial charge on any atom is 0.337 e. The summed E-state index contributed by atoms with van der Waals surface area (Å²) in [6.45, 7) is 3.43. The largest absolute Gasteiger partial charge is 0.478 e. The van der Waals surface area contributed by atoms with Gasteiger partial charge >= 0.3 is 5.97 Å². The fourth-order valence-electron chi connectivity index (χ4n) is 1.26. The molecule has 0 radical (unpaired) electrons. The van der Waals surface area contributed by atoms with Crippen LogP contribution in [0.5, 0.6) is 0 Å². The van der Waals surface area contributed by atoms with Crippen LogP contribution in [0, 0.1) is 0 Å². The lowest BCUT2D eigenvalue weighted by molar-refractivity contribution is 0.0692. The minimum atomic E-state index is -3.55. The molecule has 86 valence electrons. The molecule has 0 saturated heterocycles. The molecule has 1 aromatic rings. The lowest BCUT2D eigenvalue weighted by Gasteiger charge is -2.06. The molecule has 0 heterocycles. The molecule has 0 spiro atoms. The van der Waals surface area contributed by atoms with Crippen molar-refractivity contribution in [3.05, 3.63) is 42.5 Å². The van der Waals surface area contributed by atoms with Crippen LogP contribution in [-0.2, 0) is 9.84 Å². The smallest absolute Gasteiger partial charge is 0.337 e. The first-order valence-electron chi connectivity index (χ1n) is 4.65. The van der Waals surface area contributed by atoms with Crippen molar-refractivity contribution in [1.29, 1.82) is 0 Å². The van der Waals surface area contributed by atoms with Crippen LogP contribution in [0.25, 0.3) is 0 Å². The molecule has 0 aliphatic heterocycles. The van der Waals surface area contributed by atoms with Crippen LogP contribution in [0.1, 0.15) is 16.8 Å². The van der Waals surface area contributed by atoms with E-state index in [2.05, 4.69) is 6.58 Å². The Hall–Kier alpha value is -1.62. The molecule has 0 bridgehead atoms. The molecule has 0 unspecified atom stereocenters. The van der Waals surface area contributed by atoms with Crippen molar-refractivity contribution in [2.75, 3.05) is 5.75 Å². The molecule has 0 aromatic heterocycles. The predicted molar refractivity (Wildman–Crippen MR) is 60.3 cm³/mol. The van der Waals surface area contributed by atoms with Gasteiger partial charge < -0.3 is 5.11 Å². The number of allylic oxidation sites excluding steroid dienone is 1. The Bertz CT molecular complexity index is 502. The van der Waals surface area contributed by atoms with Gasteiger partial charge in [0.25, 0.3) is 0 Å². The Morgan fingerprint density at radius 2 is 2.00 bits per heavy atom. The van der Waals surface area contributed by atoms with Gasteiger partial charge in [0, 0.05) is 0 Å². The van der Waals surface area contributed by atoms with E-state index in [4.69, 9.17) is 5.11 Å². The van der Waals surface area contributed by atoms with Gasteiger partial charge in [0.15, 0.2) is 9.84 Å². The van der Waals surface area contributed by atoms with Gasteiger partial charge in [0.1, 0.15) is 0 Å². The van der Waals surface area contributed by atoms with Crippen LogP contribution in [-0.4, -0.2) is 25.2 Å². The van der Waals surface area contributed by atoms with E-state index in [1.807, 2.05) is 0 Å². The fourth-order valence-corrected chi connectivity index (χ4v) is 2.74. The predicted octanol–water partition coefficient (Wildman–Crippen LogP) is 1.73. The van der Waals surface area contributed by atoms with E-state index in [0.717, 1.165) is 0 Å². The number of benzene rings is 1. The molecule has 0 aliphatic carbocycles. The number of hydrogen-bond donors (Lipinski definition) is 1. The fraction of sp³-hybridized carbons (Fsp3) is 0.182. The third-order valence-corrected chi connectivity index (χ3v) is 3.84. The molecule has 0 aliphatic rings. The maximum atomic E-state index is 11.8. The molecule has 0 atom stereocenters. The van der Waals surface area contributed by atoms with E-state index in [0.29, 0.717) is 6.42 Å². The first kappa shape index (κ1) is 12.4. The first-order chi connectivity index (χ1) is 7.49. The third kappa shape index (κ3) is 2.70.